The molecule has 0 radical (unpaired) electrons. The van der Waals surface area contributed by atoms with E-state index in [9.17, 15) is 14.4 Å². The van der Waals surface area contributed by atoms with Crippen LogP contribution in [0.2, 0.25) is 0 Å². The number of carbonyl (C=O) groups excluding carboxylic acids is 3. The van der Waals surface area contributed by atoms with Gasteiger partial charge in [0.25, 0.3) is 5.91 Å². The third kappa shape index (κ3) is 3.90. The monoisotopic (exact) mass is 444 g/mol. The number of hydrogen-bond donors (Lipinski definition) is 2. The summed E-state index contributed by atoms with van der Waals surface area (Å²) >= 11 is 0. The molecular weight excluding hydrogens is 420 g/mol. The molecule has 5 rings (SSSR count). The third-order valence-electron chi connectivity index (χ3n) is 6.35. The van der Waals surface area contributed by atoms with Gasteiger partial charge in [-0.15, -0.1) is 0 Å². The van der Waals surface area contributed by atoms with E-state index in [1.807, 2.05) is 25.2 Å². The highest BCUT2D eigenvalue weighted by Gasteiger charge is 2.45. The first-order valence-electron chi connectivity index (χ1n) is 11.0. The van der Waals surface area contributed by atoms with E-state index in [0.717, 1.165) is 17.1 Å². The van der Waals surface area contributed by atoms with Gasteiger partial charge in [-0.3, -0.25) is 19.4 Å². The van der Waals surface area contributed by atoms with Crippen molar-refractivity contribution in [2.24, 2.45) is 26.3 Å². The molecule has 168 valence electrons. The summed E-state index contributed by atoms with van der Waals surface area (Å²) in [4.78, 5) is 52.2. The van der Waals surface area contributed by atoms with Crippen LogP contribution in [0.3, 0.4) is 0 Å². The Bertz CT molecular complexity index is 1180. The Labute approximate surface area is 191 Å². The standard InChI is InChI=1S/C24H24N6O3/c1-15-12-26-19-3-2-4-20-24(19,11-18(15)31)14-27-23(29-20)28-17-7-5-16(6-8-17)22(33)30-10-9-25-21(32)13-30/h2-8,12,15H,9-11,13-14H2,1H3,(H,25,32)(H,27,28). The number of amides is 2. The van der Waals surface area contributed by atoms with Gasteiger partial charge in [0.2, 0.25) is 11.9 Å². The lowest BCUT2D eigenvalue weighted by Crippen LogP contribution is -2.49. The number of rotatable bonds is 2. The highest BCUT2D eigenvalue weighted by atomic mass is 16.2. The number of allylic oxidation sites excluding steroid dienone is 3. The van der Waals surface area contributed by atoms with Crippen molar-refractivity contribution in [2.45, 2.75) is 13.3 Å². The molecule has 2 atom stereocenters. The second kappa shape index (κ2) is 8.23. The number of anilines is 1. The lowest BCUT2D eigenvalue weighted by molar-refractivity contribution is -0.123. The van der Waals surface area contributed by atoms with Crippen molar-refractivity contribution in [2.75, 3.05) is 31.5 Å². The van der Waals surface area contributed by atoms with Crippen LogP contribution in [0.15, 0.2) is 63.2 Å². The smallest absolute Gasteiger partial charge is 0.254 e. The van der Waals surface area contributed by atoms with Crippen LogP contribution in [-0.4, -0.2) is 66.6 Å². The molecule has 2 amide bonds. The van der Waals surface area contributed by atoms with E-state index in [1.165, 1.54) is 4.90 Å². The molecule has 9 nitrogen and oxygen atoms in total. The summed E-state index contributed by atoms with van der Waals surface area (Å²) in [6.45, 7) is 3.28. The van der Waals surface area contributed by atoms with E-state index in [1.54, 1.807) is 30.5 Å². The van der Waals surface area contributed by atoms with Gasteiger partial charge in [-0.05, 0) is 36.4 Å². The lowest BCUT2D eigenvalue weighted by Gasteiger charge is -2.35. The summed E-state index contributed by atoms with van der Waals surface area (Å²) in [5.74, 6) is 0.0276. The highest BCUT2D eigenvalue weighted by molar-refractivity contribution is 6.15. The van der Waals surface area contributed by atoms with Gasteiger partial charge in [0.15, 0.2) is 0 Å². The van der Waals surface area contributed by atoms with E-state index in [0.29, 0.717) is 37.6 Å². The Kier molecular flexibility index (Phi) is 5.24. The molecule has 0 saturated carbocycles. The van der Waals surface area contributed by atoms with Crippen molar-refractivity contribution < 1.29 is 14.4 Å². The molecule has 2 unspecified atom stereocenters. The van der Waals surface area contributed by atoms with E-state index in [2.05, 4.69) is 20.6 Å². The second-order valence-electron chi connectivity index (χ2n) is 8.62. The van der Waals surface area contributed by atoms with E-state index < -0.39 is 5.41 Å². The summed E-state index contributed by atoms with van der Waals surface area (Å²) in [6.07, 6.45) is 7.77. The molecule has 2 N–H and O–H groups in total. The molecule has 3 heterocycles. The number of carbonyl (C=O) groups is 3. The quantitative estimate of drug-likeness (QED) is 0.721. The molecule has 9 heteroatoms. The summed E-state index contributed by atoms with van der Waals surface area (Å²) in [5.41, 5.74) is 2.22. The number of hydrogen-bond acceptors (Lipinski definition) is 7. The first-order chi connectivity index (χ1) is 15.9. The minimum absolute atomic E-state index is 0.0736. The molecule has 1 spiro atoms. The molecule has 0 aromatic heterocycles. The number of piperazine rings is 1. The third-order valence-corrected chi connectivity index (χ3v) is 6.35. The zero-order chi connectivity index (χ0) is 23.0. The van der Waals surface area contributed by atoms with Crippen LogP contribution in [0.1, 0.15) is 23.7 Å². The van der Waals surface area contributed by atoms with Crippen molar-refractivity contribution >= 4 is 41.2 Å². The number of Topliss-reactive ketones (excluding diaryl/α,β-unsaturated/α-hetero) is 1. The number of nitrogens with one attached hydrogen (secondary N) is 2. The van der Waals surface area contributed by atoms with E-state index in [4.69, 9.17) is 4.99 Å². The predicted molar refractivity (Wildman–Crippen MR) is 126 cm³/mol. The first kappa shape index (κ1) is 21.0. The van der Waals surface area contributed by atoms with Crippen molar-refractivity contribution in [3.8, 4) is 0 Å². The largest absolute Gasteiger partial charge is 0.353 e. The molecular formula is C24H24N6O3. The maximum Gasteiger partial charge on any atom is 0.254 e. The topological polar surface area (TPSA) is 116 Å². The van der Waals surface area contributed by atoms with Crippen molar-refractivity contribution in [1.29, 1.82) is 0 Å². The van der Waals surface area contributed by atoms with Gasteiger partial charge < -0.3 is 15.5 Å². The fourth-order valence-electron chi connectivity index (χ4n) is 4.37. The molecule has 1 aromatic carbocycles. The van der Waals surface area contributed by atoms with Crippen LogP contribution in [0, 0.1) is 11.3 Å². The normalized spacial score (nSPS) is 26.3. The Hall–Kier alpha value is -3.88. The summed E-state index contributed by atoms with van der Waals surface area (Å²) in [6, 6.07) is 7.01. The van der Waals surface area contributed by atoms with Crippen molar-refractivity contribution in [3.05, 3.63) is 53.8 Å². The SMILES string of the molecule is CC1C=NC2=CC=CC3=NC(Nc4ccc(C(=O)N5CCNC(=O)C5)cc4)=NCC23CC1=O. The first-order valence-corrected chi connectivity index (χ1v) is 11.0. The lowest BCUT2D eigenvalue weighted by atomic mass is 9.72. The van der Waals surface area contributed by atoms with Crippen LogP contribution in [0.4, 0.5) is 5.69 Å². The molecule has 33 heavy (non-hydrogen) atoms. The Morgan fingerprint density at radius 1 is 1.24 bits per heavy atom. The average Bonchev–Trinajstić information content (AvgIpc) is 2.94. The van der Waals surface area contributed by atoms with Gasteiger partial charge in [0.05, 0.1) is 35.8 Å². The molecule has 1 fully saturated rings. The molecule has 0 bridgehead atoms. The minimum Gasteiger partial charge on any atom is -0.353 e. The van der Waals surface area contributed by atoms with Gasteiger partial charge in [-0.25, -0.2) is 9.98 Å². The maximum absolute atomic E-state index is 12.6. The van der Waals surface area contributed by atoms with E-state index >= 15 is 0 Å². The van der Waals surface area contributed by atoms with Crippen molar-refractivity contribution in [1.82, 2.24) is 10.2 Å². The maximum atomic E-state index is 12.6. The second-order valence-corrected chi connectivity index (χ2v) is 8.62. The minimum atomic E-state index is -0.616. The number of guanidine groups is 1. The summed E-state index contributed by atoms with van der Waals surface area (Å²) in [7, 11) is 0. The molecule has 1 aromatic rings. The summed E-state index contributed by atoms with van der Waals surface area (Å²) < 4.78 is 0. The van der Waals surface area contributed by atoms with Crippen LogP contribution in [0.5, 0.6) is 0 Å². The Balaban J connectivity index is 1.31. The van der Waals surface area contributed by atoms with Gasteiger partial charge in [-0.2, -0.15) is 0 Å². The summed E-state index contributed by atoms with van der Waals surface area (Å²) in [5, 5.41) is 5.91. The van der Waals surface area contributed by atoms with Crippen LogP contribution >= 0.6 is 0 Å². The predicted octanol–water partition coefficient (Wildman–Crippen LogP) is 1.60. The van der Waals surface area contributed by atoms with Crippen LogP contribution < -0.4 is 10.6 Å². The van der Waals surface area contributed by atoms with Gasteiger partial charge in [-0.1, -0.05) is 13.0 Å². The van der Waals surface area contributed by atoms with Gasteiger partial charge in [0, 0.05) is 37.0 Å². The zero-order valence-electron chi connectivity index (χ0n) is 18.2. The fraction of sp³-hybridized carbons (Fsp3) is 0.333. The zero-order valence-corrected chi connectivity index (χ0v) is 18.2. The Morgan fingerprint density at radius 2 is 2.06 bits per heavy atom. The molecule has 4 aliphatic rings. The van der Waals surface area contributed by atoms with Crippen LogP contribution in [0.25, 0.3) is 0 Å². The number of aliphatic imine (C=N–C) groups is 3. The average molecular weight is 444 g/mol. The highest BCUT2D eigenvalue weighted by Crippen LogP contribution is 2.41. The molecule has 1 aliphatic carbocycles. The van der Waals surface area contributed by atoms with E-state index in [-0.39, 0.29) is 30.1 Å². The number of ketones is 1. The van der Waals surface area contributed by atoms with Crippen molar-refractivity contribution in [3.63, 3.8) is 0 Å². The molecule has 1 saturated heterocycles. The fourth-order valence-corrected chi connectivity index (χ4v) is 4.37. The number of nitrogens with zero attached hydrogens (tertiary/aromatic N) is 4. The Morgan fingerprint density at radius 3 is 2.85 bits per heavy atom. The van der Waals surface area contributed by atoms with Gasteiger partial charge >= 0.3 is 0 Å². The number of benzene rings is 1. The molecule has 3 aliphatic heterocycles. The van der Waals surface area contributed by atoms with Gasteiger partial charge in [0.1, 0.15) is 5.78 Å². The van der Waals surface area contributed by atoms with Crippen LogP contribution in [-0.2, 0) is 9.59 Å².